The first-order chi connectivity index (χ1) is 15.6. The van der Waals surface area contributed by atoms with Crippen molar-refractivity contribution in [1.82, 2.24) is 0 Å². The molecule has 0 radical (unpaired) electrons. The van der Waals surface area contributed by atoms with E-state index in [0.29, 0.717) is 0 Å². The van der Waals surface area contributed by atoms with Crippen molar-refractivity contribution in [3.8, 4) is 0 Å². The van der Waals surface area contributed by atoms with E-state index >= 15 is 0 Å². The molecule has 1 aliphatic heterocycles. The number of rotatable bonds is 8. The second-order valence-electron chi connectivity index (χ2n) is 9.96. The van der Waals surface area contributed by atoms with Gasteiger partial charge >= 0.3 is 11.9 Å². The largest absolute Gasteiger partial charge is 0.481 e. The molecule has 0 aromatic heterocycles. The topological polar surface area (TPSA) is 72.8 Å². The zero-order valence-corrected chi connectivity index (χ0v) is 21.1. The summed E-state index contributed by atoms with van der Waals surface area (Å²) in [4.78, 5) is 24.4. The number of carboxylic acids is 1. The minimum absolute atomic E-state index is 0.0212. The summed E-state index contributed by atoms with van der Waals surface area (Å²) < 4.78 is 12.7. The molecule has 1 saturated heterocycles. The van der Waals surface area contributed by atoms with E-state index in [1.54, 1.807) is 0 Å². The number of hydrogen-bond acceptors (Lipinski definition) is 4. The lowest BCUT2D eigenvalue weighted by molar-refractivity contribution is -0.143. The van der Waals surface area contributed by atoms with Crippen LogP contribution in [0.1, 0.15) is 47.5 Å². The van der Waals surface area contributed by atoms with Gasteiger partial charge in [-0.1, -0.05) is 87.5 Å². The molecule has 2 atom stereocenters. The maximum Gasteiger partial charge on any atom is 0.307 e. The third-order valence-electron chi connectivity index (χ3n) is 6.67. The molecular formula is C27H34O5Si. The maximum absolute atomic E-state index is 12.4. The highest BCUT2D eigenvalue weighted by molar-refractivity contribution is 6.99. The molecule has 1 N–H and O–H groups in total. The lowest BCUT2D eigenvalue weighted by Crippen LogP contribution is -2.67. The van der Waals surface area contributed by atoms with Gasteiger partial charge in [0.1, 0.15) is 6.10 Å². The molecule has 1 fully saturated rings. The standard InChI is InChI=1S/C27H34O5Si/c1-6-20(2)25-27(17-23(28)29,18-24(30)32-25)19-31-33(26(3,4)5,21-13-9-7-10-14-21)22-15-11-8-12-16-22/h6-16,25H,17-19H2,1-5H3,(H,28,29)/b20-6+/t25-,27+/m0/s1. The first-order valence-electron chi connectivity index (χ1n) is 11.3. The van der Waals surface area contributed by atoms with Gasteiger partial charge in [-0.2, -0.15) is 0 Å². The third kappa shape index (κ3) is 4.82. The summed E-state index contributed by atoms with van der Waals surface area (Å²) in [6.45, 7) is 10.4. The number of carboxylic acid groups (broad SMARTS) is 1. The molecule has 6 heteroatoms. The van der Waals surface area contributed by atoms with Gasteiger partial charge in [0, 0.05) is 6.61 Å². The highest BCUT2D eigenvalue weighted by Crippen LogP contribution is 2.45. The average Bonchev–Trinajstić information content (AvgIpc) is 3.09. The fourth-order valence-electron chi connectivity index (χ4n) is 5.05. The van der Waals surface area contributed by atoms with Crippen LogP contribution in [0.5, 0.6) is 0 Å². The Kier molecular flexibility index (Phi) is 7.29. The fraction of sp³-hybridized carbons (Fsp3) is 0.407. The predicted molar refractivity (Wildman–Crippen MR) is 132 cm³/mol. The van der Waals surface area contributed by atoms with Gasteiger partial charge in [0.05, 0.1) is 18.3 Å². The number of carbonyl (C=O) groups excluding carboxylic acids is 1. The molecule has 176 valence electrons. The van der Waals surface area contributed by atoms with Gasteiger partial charge in [-0.3, -0.25) is 9.59 Å². The van der Waals surface area contributed by atoms with Crippen LogP contribution in [0, 0.1) is 5.41 Å². The molecule has 5 nitrogen and oxygen atoms in total. The predicted octanol–water partition coefficient (Wildman–Crippen LogP) is 4.31. The zero-order chi connectivity index (χ0) is 24.3. The van der Waals surface area contributed by atoms with E-state index in [4.69, 9.17) is 9.16 Å². The number of carbonyl (C=O) groups is 2. The summed E-state index contributed by atoms with van der Waals surface area (Å²) in [6.07, 6.45) is 1.08. The average molecular weight is 467 g/mol. The molecule has 2 aromatic carbocycles. The first-order valence-corrected chi connectivity index (χ1v) is 13.3. The van der Waals surface area contributed by atoms with Gasteiger partial charge in [-0.25, -0.2) is 0 Å². The van der Waals surface area contributed by atoms with Crippen LogP contribution in [0.4, 0.5) is 0 Å². The number of aliphatic carboxylic acids is 1. The Labute approximate surface area is 197 Å². The van der Waals surface area contributed by atoms with E-state index < -0.39 is 25.8 Å². The van der Waals surface area contributed by atoms with Crippen LogP contribution in [0.2, 0.25) is 5.04 Å². The molecule has 0 amide bonds. The van der Waals surface area contributed by atoms with Crippen LogP contribution in [0.3, 0.4) is 0 Å². The molecule has 0 bridgehead atoms. The number of allylic oxidation sites excluding steroid dienone is 1. The Balaban J connectivity index is 2.16. The van der Waals surface area contributed by atoms with Crippen molar-refractivity contribution in [2.75, 3.05) is 6.61 Å². The summed E-state index contributed by atoms with van der Waals surface area (Å²) in [5.41, 5.74) is -0.125. The molecule has 1 heterocycles. The smallest absolute Gasteiger partial charge is 0.307 e. The van der Waals surface area contributed by atoms with Crippen molar-refractivity contribution in [2.24, 2.45) is 5.41 Å². The van der Waals surface area contributed by atoms with E-state index in [2.05, 4.69) is 45.0 Å². The molecule has 0 spiro atoms. The van der Waals surface area contributed by atoms with Crippen LogP contribution in [-0.2, 0) is 18.8 Å². The van der Waals surface area contributed by atoms with Crippen LogP contribution in [0.15, 0.2) is 72.3 Å². The van der Waals surface area contributed by atoms with Crippen molar-refractivity contribution in [3.63, 3.8) is 0 Å². The maximum atomic E-state index is 12.4. The van der Waals surface area contributed by atoms with Crippen LogP contribution >= 0.6 is 0 Å². The quantitative estimate of drug-likeness (QED) is 0.357. The summed E-state index contributed by atoms with van der Waals surface area (Å²) >= 11 is 0. The van der Waals surface area contributed by atoms with Gasteiger partial charge in [0.2, 0.25) is 0 Å². The number of cyclic esters (lactones) is 1. The van der Waals surface area contributed by atoms with Gasteiger partial charge < -0.3 is 14.3 Å². The minimum Gasteiger partial charge on any atom is -0.481 e. The van der Waals surface area contributed by atoms with Crippen molar-refractivity contribution >= 4 is 30.6 Å². The number of hydrogen-bond donors (Lipinski definition) is 1. The molecular weight excluding hydrogens is 432 g/mol. The molecule has 1 aliphatic rings. The van der Waals surface area contributed by atoms with Crippen LogP contribution in [-0.4, -0.2) is 38.1 Å². The molecule has 2 aromatic rings. The van der Waals surface area contributed by atoms with Gasteiger partial charge in [-0.05, 0) is 34.8 Å². The summed E-state index contributed by atoms with van der Waals surface area (Å²) in [5.74, 6) is -1.35. The molecule has 0 saturated carbocycles. The van der Waals surface area contributed by atoms with Gasteiger partial charge in [0.25, 0.3) is 8.32 Å². The van der Waals surface area contributed by atoms with Crippen molar-refractivity contribution in [1.29, 1.82) is 0 Å². The monoisotopic (exact) mass is 466 g/mol. The van der Waals surface area contributed by atoms with Gasteiger partial charge in [-0.15, -0.1) is 0 Å². The van der Waals surface area contributed by atoms with Crippen molar-refractivity contribution in [3.05, 3.63) is 72.3 Å². The lowest BCUT2D eigenvalue weighted by atomic mass is 9.76. The lowest BCUT2D eigenvalue weighted by Gasteiger charge is -2.45. The summed E-state index contributed by atoms with van der Waals surface area (Å²) in [5, 5.41) is 11.8. The summed E-state index contributed by atoms with van der Waals surface area (Å²) in [7, 11) is -2.89. The normalized spacial score (nSPS) is 21.7. The van der Waals surface area contributed by atoms with E-state index in [1.165, 1.54) is 0 Å². The minimum atomic E-state index is -2.89. The molecule has 0 unspecified atom stereocenters. The summed E-state index contributed by atoms with van der Waals surface area (Å²) in [6, 6.07) is 20.4. The Morgan fingerprint density at radius 1 is 1.12 bits per heavy atom. The number of esters is 1. The Morgan fingerprint density at radius 2 is 1.64 bits per heavy atom. The van der Waals surface area contributed by atoms with Crippen molar-refractivity contribution < 1.29 is 23.9 Å². The highest BCUT2D eigenvalue weighted by Gasteiger charge is 2.56. The SMILES string of the molecule is C/C=C(\C)[C@@H]1OC(=O)C[C@@]1(CO[Si](c1ccccc1)(c1ccccc1)C(C)(C)C)CC(=O)O. The van der Waals surface area contributed by atoms with Crippen LogP contribution in [0.25, 0.3) is 0 Å². The van der Waals surface area contributed by atoms with Gasteiger partial charge in [0.15, 0.2) is 0 Å². The fourth-order valence-corrected chi connectivity index (χ4v) is 9.71. The second-order valence-corrected chi connectivity index (χ2v) is 14.3. The zero-order valence-electron chi connectivity index (χ0n) is 20.1. The molecule has 33 heavy (non-hydrogen) atoms. The Bertz CT molecular complexity index is 970. The molecule has 0 aliphatic carbocycles. The van der Waals surface area contributed by atoms with E-state index in [1.807, 2.05) is 56.3 Å². The van der Waals surface area contributed by atoms with E-state index in [9.17, 15) is 14.7 Å². The van der Waals surface area contributed by atoms with E-state index in [0.717, 1.165) is 15.9 Å². The number of benzene rings is 2. The highest BCUT2D eigenvalue weighted by atomic mass is 28.4. The van der Waals surface area contributed by atoms with Crippen LogP contribution < -0.4 is 10.4 Å². The molecule has 3 rings (SSSR count). The second kappa shape index (κ2) is 9.65. The van der Waals surface area contributed by atoms with E-state index in [-0.39, 0.29) is 30.5 Å². The van der Waals surface area contributed by atoms with Crippen molar-refractivity contribution in [2.45, 2.75) is 58.6 Å². The number of ether oxygens (including phenoxy) is 1. The first kappa shape index (κ1) is 24.9. The Morgan fingerprint density at radius 3 is 2.06 bits per heavy atom. The Hall–Kier alpha value is -2.70. The third-order valence-corrected chi connectivity index (χ3v) is 11.6.